The van der Waals surface area contributed by atoms with E-state index in [4.69, 9.17) is 0 Å². The molecular formula is C15H12F2N2O5. The molecular weight excluding hydrogens is 326 g/mol. The Kier molecular flexibility index (Phi) is 5.25. The van der Waals surface area contributed by atoms with Crippen molar-refractivity contribution in [1.82, 2.24) is 0 Å². The van der Waals surface area contributed by atoms with Crippen LogP contribution in [-0.4, -0.2) is 24.6 Å². The van der Waals surface area contributed by atoms with E-state index in [1.54, 1.807) is 0 Å². The van der Waals surface area contributed by atoms with Crippen LogP contribution < -0.4 is 10.1 Å². The van der Waals surface area contributed by atoms with Crippen LogP contribution in [0.25, 0.3) is 0 Å². The maximum Gasteiger partial charge on any atom is 0.387 e. The molecule has 0 aliphatic heterocycles. The summed E-state index contributed by atoms with van der Waals surface area (Å²) in [6, 6.07) is 9.10. The first-order chi connectivity index (χ1) is 11.4. The number of nitro groups is 1. The molecule has 9 heteroatoms. The summed E-state index contributed by atoms with van der Waals surface area (Å²) in [5.74, 6) is -0.693. The zero-order valence-corrected chi connectivity index (χ0v) is 12.4. The summed E-state index contributed by atoms with van der Waals surface area (Å²) >= 11 is 0. The lowest BCUT2D eigenvalue weighted by molar-refractivity contribution is -0.383. The van der Waals surface area contributed by atoms with Crippen LogP contribution in [-0.2, 0) is 4.74 Å². The summed E-state index contributed by atoms with van der Waals surface area (Å²) in [7, 11) is 1.19. The zero-order chi connectivity index (χ0) is 17.7. The van der Waals surface area contributed by atoms with E-state index in [1.165, 1.54) is 49.6 Å². The van der Waals surface area contributed by atoms with Crippen molar-refractivity contribution in [2.75, 3.05) is 12.4 Å². The first-order valence-electron chi connectivity index (χ1n) is 6.59. The van der Waals surface area contributed by atoms with E-state index in [-0.39, 0.29) is 22.7 Å². The second-order valence-electron chi connectivity index (χ2n) is 4.51. The molecule has 0 radical (unpaired) electrons. The van der Waals surface area contributed by atoms with Gasteiger partial charge in [-0.1, -0.05) is 0 Å². The van der Waals surface area contributed by atoms with Crippen LogP contribution >= 0.6 is 0 Å². The maximum atomic E-state index is 12.1. The van der Waals surface area contributed by atoms with Gasteiger partial charge in [-0.2, -0.15) is 8.78 Å². The molecule has 0 bridgehead atoms. The number of carbonyl (C=O) groups is 1. The number of alkyl halides is 2. The van der Waals surface area contributed by atoms with Gasteiger partial charge in [-0.3, -0.25) is 10.1 Å². The van der Waals surface area contributed by atoms with Crippen molar-refractivity contribution >= 4 is 23.0 Å². The number of halogens is 2. The third-order valence-electron chi connectivity index (χ3n) is 2.97. The number of carbonyl (C=O) groups excluding carboxylic acids is 1. The van der Waals surface area contributed by atoms with Crippen molar-refractivity contribution in [3.05, 3.63) is 58.1 Å². The number of methoxy groups -OCH3 is 1. The molecule has 0 fully saturated rings. The van der Waals surface area contributed by atoms with Gasteiger partial charge in [0, 0.05) is 11.8 Å². The number of benzene rings is 2. The molecule has 0 heterocycles. The molecule has 0 saturated heterocycles. The monoisotopic (exact) mass is 338 g/mol. The second-order valence-corrected chi connectivity index (χ2v) is 4.51. The fourth-order valence-electron chi connectivity index (χ4n) is 1.92. The molecule has 126 valence electrons. The largest absolute Gasteiger partial charge is 0.465 e. The number of esters is 1. The van der Waals surface area contributed by atoms with Crippen molar-refractivity contribution in [2.45, 2.75) is 6.61 Å². The second kappa shape index (κ2) is 7.36. The molecule has 24 heavy (non-hydrogen) atoms. The van der Waals surface area contributed by atoms with Gasteiger partial charge in [-0.15, -0.1) is 0 Å². The van der Waals surface area contributed by atoms with E-state index in [9.17, 15) is 23.7 Å². The highest BCUT2D eigenvalue weighted by Gasteiger charge is 2.17. The SMILES string of the molecule is COC(=O)c1ccc([N+](=O)[O-])c(Nc2ccc(OC(F)F)cc2)c1. The van der Waals surface area contributed by atoms with Gasteiger partial charge in [0.25, 0.3) is 5.69 Å². The van der Waals surface area contributed by atoms with Gasteiger partial charge < -0.3 is 14.8 Å². The fraction of sp³-hybridized carbons (Fsp3) is 0.133. The van der Waals surface area contributed by atoms with Crippen molar-refractivity contribution in [1.29, 1.82) is 0 Å². The Morgan fingerprint density at radius 1 is 1.21 bits per heavy atom. The van der Waals surface area contributed by atoms with E-state index >= 15 is 0 Å². The van der Waals surface area contributed by atoms with E-state index in [1.807, 2.05) is 0 Å². The minimum atomic E-state index is -2.94. The van der Waals surface area contributed by atoms with Crippen LogP contribution in [0.4, 0.5) is 25.8 Å². The van der Waals surface area contributed by atoms with Crippen LogP contribution in [0.15, 0.2) is 42.5 Å². The quantitative estimate of drug-likeness (QED) is 0.490. The smallest absolute Gasteiger partial charge is 0.387 e. The van der Waals surface area contributed by atoms with Gasteiger partial charge in [-0.25, -0.2) is 4.79 Å². The van der Waals surface area contributed by atoms with E-state index in [0.29, 0.717) is 5.69 Å². The molecule has 7 nitrogen and oxygen atoms in total. The standard InChI is InChI=1S/C15H12F2N2O5/c1-23-14(20)9-2-7-13(19(21)22)12(8-9)18-10-3-5-11(6-4-10)24-15(16)17/h2-8,15,18H,1H3. The summed E-state index contributed by atoms with van der Waals surface area (Å²) in [5, 5.41) is 13.8. The van der Waals surface area contributed by atoms with Crippen molar-refractivity contribution in [2.24, 2.45) is 0 Å². The molecule has 2 aromatic rings. The number of anilines is 2. The average molecular weight is 338 g/mol. The minimum Gasteiger partial charge on any atom is -0.465 e. The molecule has 2 rings (SSSR count). The Bertz CT molecular complexity index is 750. The minimum absolute atomic E-state index is 0.0478. The first-order valence-corrected chi connectivity index (χ1v) is 6.59. The summed E-state index contributed by atoms with van der Waals surface area (Å²) in [6.07, 6.45) is 0. The highest BCUT2D eigenvalue weighted by molar-refractivity contribution is 5.92. The molecule has 0 spiro atoms. The molecule has 0 aliphatic carbocycles. The number of hydrogen-bond donors (Lipinski definition) is 1. The van der Waals surface area contributed by atoms with Gasteiger partial charge in [0.15, 0.2) is 0 Å². The topological polar surface area (TPSA) is 90.7 Å². The molecule has 0 aliphatic rings. The number of nitrogens with zero attached hydrogens (tertiary/aromatic N) is 1. The first kappa shape index (κ1) is 17.1. The molecule has 0 atom stereocenters. The van der Waals surface area contributed by atoms with Crippen molar-refractivity contribution in [3.63, 3.8) is 0 Å². The highest BCUT2D eigenvalue weighted by atomic mass is 19.3. The van der Waals surface area contributed by atoms with Crippen LogP contribution in [0.2, 0.25) is 0 Å². The third-order valence-corrected chi connectivity index (χ3v) is 2.97. The van der Waals surface area contributed by atoms with Gasteiger partial charge in [0.05, 0.1) is 17.6 Å². The molecule has 0 saturated carbocycles. The van der Waals surface area contributed by atoms with Crippen molar-refractivity contribution < 1.29 is 28.0 Å². The molecule has 2 aromatic carbocycles. The van der Waals surface area contributed by atoms with E-state index in [2.05, 4.69) is 14.8 Å². The predicted octanol–water partition coefficient (Wildman–Crippen LogP) is 3.73. The number of rotatable bonds is 6. The Morgan fingerprint density at radius 2 is 1.88 bits per heavy atom. The average Bonchev–Trinajstić information content (AvgIpc) is 2.55. The molecule has 0 aromatic heterocycles. The van der Waals surface area contributed by atoms with Crippen molar-refractivity contribution in [3.8, 4) is 5.75 Å². The number of nitrogens with one attached hydrogen (secondary N) is 1. The van der Waals surface area contributed by atoms with Crippen LogP contribution in [0, 0.1) is 10.1 Å². The van der Waals surface area contributed by atoms with Gasteiger partial charge >= 0.3 is 12.6 Å². The summed E-state index contributed by atoms with van der Waals surface area (Å²) in [5.41, 5.74) is 0.325. The van der Waals surface area contributed by atoms with Gasteiger partial charge in [0.1, 0.15) is 11.4 Å². The van der Waals surface area contributed by atoms with Gasteiger partial charge in [0.2, 0.25) is 0 Å². The Labute approximate surface area is 135 Å². The summed E-state index contributed by atoms with van der Waals surface area (Å²) in [6.45, 7) is -2.94. The molecule has 0 unspecified atom stereocenters. The number of nitro benzene ring substituents is 1. The Morgan fingerprint density at radius 3 is 2.42 bits per heavy atom. The Balaban J connectivity index is 2.29. The zero-order valence-electron chi connectivity index (χ0n) is 12.4. The van der Waals surface area contributed by atoms with Crippen LogP contribution in [0.3, 0.4) is 0 Å². The van der Waals surface area contributed by atoms with Gasteiger partial charge in [-0.05, 0) is 36.4 Å². The van der Waals surface area contributed by atoms with Crippen LogP contribution in [0.1, 0.15) is 10.4 Å². The summed E-state index contributed by atoms with van der Waals surface area (Å²) < 4.78 is 33.0. The Hall–Kier alpha value is -3.23. The third kappa shape index (κ3) is 4.15. The fourth-order valence-corrected chi connectivity index (χ4v) is 1.92. The maximum absolute atomic E-state index is 12.1. The lowest BCUT2D eigenvalue weighted by atomic mass is 10.1. The molecule has 1 N–H and O–H groups in total. The van der Waals surface area contributed by atoms with Crippen LogP contribution in [0.5, 0.6) is 5.75 Å². The molecule has 0 amide bonds. The predicted molar refractivity (Wildman–Crippen MR) is 80.8 cm³/mol. The summed E-state index contributed by atoms with van der Waals surface area (Å²) in [4.78, 5) is 22.0. The van der Waals surface area contributed by atoms with E-state index < -0.39 is 17.5 Å². The number of hydrogen-bond acceptors (Lipinski definition) is 6. The van der Waals surface area contributed by atoms with E-state index in [0.717, 1.165) is 0 Å². The lowest BCUT2D eigenvalue weighted by Gasteiger charge is -2.10. The number of ether oxygens (including phenoxy) is 2. The lowest BCUT2D eigenvalue weighted by Crippen LogP contribution is -2.04. The highest BCUT2D eigenvalue weighted by Crippen LogP contribution is 2.29. The normalized spacial score (nSPS) is 10.3.